The molecule has 1 aliphatic rings. The molecule has 0 amide bonds. The van der Waals surface area contributed by atoms with Crippen molar-refractivity contribution < 1.29 is 19.0 Å². The second kappa shape index (κ2) is 8.68. The van der Waals surface area contributed by atoms with Crippen LogP contribution in [0, 0.1) is 11.3 Å². The molecular weight excluding hydrogens is 402 g/mol. The van der Waals surface area contributed by atoms with Crippen molar-refractivity contribution >= 4 is 28.6 Å². The lowest BCUT2D eigenvalue weighted by atomic mass is 10.1. The number of thiazole rings is 1. The van der Waals surface area contributed by atoms with Gasteiger partial charge in [-0.25, -0.2) is 9.78 Å². The molecule has 1 aromatic heterocycles. The Morgan fingerprint density at radius 1 is 1.27 bits per heavy atom. The maximum Gasteiger partial charge on any atom is 0.338 e. The van der Waals surface area contributed by atoms with Gasteiger partial charge in [-0.1, -0.05) is 0 Å². The number of hydrogen-bond acceptors (Lipinski definition) is 8. The number of nitriles is 1. The highest BCUT2D eigenvalue weighted by atomic mass is 32.1. The van der Waals surface area contributed by atoms with Gasteiger partial charge in [0.05, 0.1) is 17.9 Å². The van der Waals surface area contributed by atoms with Gasteiger partial charge in [0.25, 0.3) is 0 Å². The molecule has 0 bridgehead atoms. The summed E-state index contributed by atoms with van der Waals surface area (Å²) in [6, 6.07) is 14.6. The van der Waals surface area contributed by atoms with E-state index in [0.29, 0.717) is 34.3 Å². The van der Waals surface area contributed by atoms with Crippen molar-refractivity contribution in [3.63, 3.8) is 0 Å². The molecule has 4 rings (SSSR count). The number of carbonyl (C=O) groups excluding carboxylic acids is 1. The number of carbonyl (C=O) groups is 1. The van der Waals surface area contributed by atoms with Gasteiger partial charge in [-0.3, -0.25) is 0 Å². The first kappa shape index (κ1) is 19.5. The summed E-state index contributed by atoms with van der Waals surface area (Å²) in [4.78, 5) is 16.3. The number of ether oxygens (including phenoxy) is 3. The normalized spacial score (nSPS) is 12.3. The van der Waals surface area contributed by atoms with E-state index in [1.807, 2.05) is 23.6 Å². The van der Waals surface area contributed by atoms with Crippen LogP contribution in [0.3, 0.4) is 0 Å². The van der Waals surface area contributed by atoms with Crippen molar-refractivity contribution in [2.24, 2.45) is 0 Å². The summed E-state index contributed by atoms with van der Waals surface area (Å²) in [5, 5.41) is 15.1. The summed E-state index contributed by atoms with van der Waals surface area (Å²) in [7, 11) is 0. The zero-order valence-electron chi connectivity index (χ0n) is 16.0. The van der Waals surface area contributed by atoms with E-state index in [0.717, 1.165) is 16.9 Å². The second-order valence-electron chi connectivity index (χ2n) is 6.22. The van der Waals surface area contributed by atoms with E-state index in [4.69, 9.17) is 14.2 Å². The fourth-order valence-corrected chi connectivity index (χ4v) is 3.59. The Balaban J connectivity index is 1.48. The number of allylic oxidation sites excluding steroid dienone is 1. The van der Waals surface area contributed by atoms with Crippen molar-refractivity contribution in [1.29, 1.82) is 5.26 Å². The number of hydrogen-bond donors (Lipinski definition) is 1. The van der Waals surface area contributed by atoms with E-state index >= 15 is 0 Å². The number of esters is 1. The number of fused-ring (bicyclic) bond motifs is 1. The maximum atomic E-state index is 11.7. The van der Waals surface area contributed by atoms with Gasteiger partial charge in [0, 0.05) is 22.8 Å². The molecule has 1 N–H and O–H groups in total. The number of aromatic nitrogens is 1. The number of nitrogens with one attached hydrogen (secondary N) is 1. The molecule has 0 aliphatic carbocycles. The van der Waals surface area contributed by atoms with Gasteiger partial charge in [0.1, 0.15) is 16.6 Å². The lowest BCUT2D eigenvalue weighted by Gasteiger charge is -2.04. The number of benzene rings is 2. The molecule has 0 saturated heterocycles. The van der Waals surface area contributed by atoms with Crippen molar-refractivity contribution in [3.8, 4) is 28.8 Å². The Hall–Kier alpha value is -3.83. The third-order valence-electron chi connectivity index (χ3n) is 4.30. The fraction of sp³-hybridized carbons (Fsp3) is 0.136. The number of nitrogens with zero attached hydrogens (tertiary/aromatic N) is 2. The molecule has 0 radical (unpaired) electrons. The minimum Gasteiger partial charge on any atom is -0.462 e. The molecule has 8 heteroatoms. The first-order valence-electron chi connectivity index (χ1n) is 9.18. The Kier molecular flexibility index (Phi) is 5.63. The van der Waals surface area contributed by atoms with Crippen molar-refractivity contribution in [3.05, 3.63) is 64.6 Å². The number of anilines is 1. The smallest absolute Gasteiger partial charge is 0.338 e. The van der Waals surface area contributed by atoms with E-state index in [2.05, 4.69) is 16.4 Å². The van der Waals surface area contributed by atoms with Crippen LogP contribution in [0.4, 0.5) is 5.69 Å². The molecule has 0 fully saturated rings. The van der Waals surface area contributed by atoms with Gasteiger partial charge < -0.3 is 19.5 Å². The minimum atomic E-state index is -0.365. The van der Waals surface area contributed by atoms with Gasteiger partial charge in [-0.05, 0) is 49.4 Å². The highest BCUT2D eigenvalue weighted by Gasteiger charge is 2.16. The van der Waals surface area contributed by atoms with Gasteiger partial charge in [-0.2, -0.15) is 5.26 Å². The molecule has 150 valence electrons. The molecule has 2 aromatic carbocycles. The summed E-state index contributed by atoms with van der Waals surface area (Å²) in [6.07, 6.45) is 1.60. The van der Waals surface area contributed by atoms with E-state index in [1.165, 1.54) is 11.3 Å². The quantitative estimate of drug-likeness (QED) is 0.457. The van der Waals surface area contributed by atoms with Crippen LogP contribution in [0.2, 0.25) is 0 Å². The van der Waals surface area contributed by atoms with Gasteiger partial charge in [-0.15, -0.1) is 11.3 Å². The molecule has 0 atom stereocenters. The van der Waals surface area contributed by atoms with Crippen LogP contribution >= 0.6 is 11.3 Å². The second-order valence-corrected chi connectivity index (χ2v) is 7.08. The van der Waals surface area contributed by atoms with Crippen LogP contribution in [0.15, 0.2) is 54.0 Å². The predicted molar refractivity (Wildman–Crippen MR) is 113 cm³/mol. The average molecular weight is 419 g/mol. The van der Waals surface area contributed by atoms with Crippen molar-refractivity contribution in [2.45, 2.75) is 6.92 Å². The molecule has 7 nitrogen and oxygen atoms in total. The SMILES string of the molecule is CCOC(=O)c1ccc(NC=C(C#N)c2nc(-c3ccc4c(c3)OCO4)cs2)cc1. The van der Waals surface area contributed by atoms with Crippen LogP contribution in [0.25, 0.3) is 16.8 Å². The molecule has 0 unspecified atom stereocenters. The summed E-state index contributed by atoms with van der Waals surface area (Å²) < 4.78 is 15.7. The van der Waals surface area contributed by atoms with Crippen LogP contribution < -0.4 is 14.8 Å². The Morgan fingerprint density at radius 3 is 2.83 bits per heavy atom. The first-order chi connectivity index (χ1) is 14.7. The van der Waals surface area contributed by atoms with Crippen LogP contribution in [0.5, 0.6) is 11.5 Å². The summed E-state index contributed by atoms with van der Waals surface area (Å²) in [5.74, 6) is 1.03. The van der Waals surface area contributed by atoms with Crippen LogP contribution in [-0.2, 0) is 4.74 Å². The largest absolute Gasteiger partial charge is 0.462 e. The molecule has 1 aliphatic heterocycles. The standard InChI is InChI=1S/C22H17N3O4S/c1-2-27-22(26)14-3-6-17(7-4-14)24-11-16(10-23)21-25-18(12-30-21)15-5-8-19-20(9-15)29-13-28-19/h3-9,11-12,24H,2,13H2,1H3. The van der Waals surface area contributed by atoms with Gasteiger partial charge in [0.2, 0.25) is 6.79 Å². The minimum absolute atomic E-state index is 0.217. The highest BCUT2D eigenvalue weighted by Crippen LogP contribution is 2.36. The molecule has 3 aromatic rings. The Labute approximate surface area is 177 Å². The molecular formula is C22H17N3O4S. The first-order valence-corrected chi connectivity index (χ1v) is 10.1. The predicted octanol–water partition coefficient (Wildman–Crippen LogP) is 4.69. The number of rotatable bonds is 6. The summed E-state index contributed by atoms with van der Waals surface area (Å²) in [5.41, 5.74) is 3.26. The van der Waals surface area contributed by atoms with Gasteiger partial charge >= 0.3 is 5.97 Å². The van der Waals surface area contributed by atoms with E-state index < -0.39 is 0 Å². The molecule has 30 heavy (non-hydrogen) atoms. The monoisotopic (exact) mass is 419 g/mol. The van der Waals surface area contributed by atoms with E-state index in [9.17, 15) is 10.1 Å². The lowest BCUT2D eigenvalue weighted by Crippen LogP contribution is -2.04. The van der Waals surface area contributed by atoms with E-state index in [1.54, 1.807) is 37.4 Å². The van der Waals surface area contributed by atoms with Crippen molar-refractivity contribution in [1.82, 2.24) is 4.98 Å². The zero-order valence-corrected chi connectivity index (χ0v) is 16.9. The fourth-order valence-electron chi connectivity index (χ4n) is 2.80. The molecule has 0 saturated carbocycles. The Morgan fingerprint density at radius 2 is 2.07 bits per heavy atom. The lowest BCUT2D eigenvalue weighted by molar-refractivity contribution is 0.0526. The van der Waals surface area contributed by atoms with E-state index in [-0.39, 0.29) is 12.8 Å². The van der Waals surface area contributed by atoms with Gasteiger partial charge in [0.15, 0.2) is 11.5 Å². The van der Waals surface area contributed by atoms with Crippen LogP contribution in [-0.4, -0.2) is 24.4 Å². The molecule has 0 spiro atoms. The zero-order chi connectivity index (χ0) is 20.9. The third-order valence-corrected chi connectivity index (χ3v) is 5.18. The summed E-state index contributed by atoms with van der Waals surface area (Å²) in [6.45, 7) is 2.31. The Bertz CT molecular complexity index is 1150. The third kappa shape index (κ3) is 4.11. The maximum absolute atomic E-state index is 11.7. The molecule has 2 heterocycles. The van der Waals surface area contributed by atoms with Crippen molar-refractivity contribution in [2.75, 3.05) is 18.7 Å². The summed E-state index contributed by atoms with van der Waals surface area (Å²) >= 11 is 1.38. The highest BCUT2D eigenvalue weighted by molar-refractivity contribution is 7.11. The topological polar surface area (TPSA) is 93.5 Å². The average Bonchev–Trinajstić information content (AvgIpc) is 3.44. The van der Waals surface area contributed by atoms with Crippen LogP contribution in [0.1, 0.15) is 22.3 Å².